The SMILES string of the molecule is COC(=O)C1=C(c2ccc3ccccc3c2)N(S(=O)(=O)c2ccc(C)cc2)[C@@H]2CC(=O)N(C(=O)OC(C)(C)C)[C@@H]2C1. The molecule has 0 bridgehead atoms. The van der Waals surface area contributed by atoms with E-state index in [2.05, 4.69) is 0 Å². The maximum absolute atomic E-state index is 14.5. The Balaban J connectivity index is 1.76. The molecule has 0 radical (unpaired) electrons. The third-order valence-electron chi connectivity index (χ3n) is 7.27. The van der Waals surface area contributed by atoms with Crippen LogP contribution in [-0.2, 0) is 29.1 Å². The van der Waals surface area contributed by atoms with Gasteiger partial charge in [-0.15, -0.1) is 0 Å². The minimum atomic E-state index is -4.33. The Morgan fingerprint density at radius 3 is 2.20 bits per heavy atom. The number of hydrogen-bond donors (Lipinski definition) is 0. The maximum Gasteiger partial charge on any atom is 0.417 e. The number of fused-ring (bicyclic) bond motifs is 2. The monoisotopic (exact) mass is 576 g/mol. The van der Waals surface area contributed by atoms with E-state index >= 15 is 0 Å². The third-order valence-corrected chi connectivity index (χ3v) is 9.11. The van der Waals surface area contributed by atoms with Crippen LogP contribution in [0.15, 0.2) is 77.2 Å². The van der Waals surface area contributed by atoms with Gasteiger partial charge in [0.25, 0.3) is 10.0 Å². The molecular formula is C31H32N2O7S. The van der Waals surface area contributed by atoms with Gasteiger partial charge in [0.15, 0.2) is 0 Å². The molecule has 3 aromatic carbocycles. The summed E-state index contributed by atoms with van der Waals surface area (Å²) in [5.74, 6) is -1.33. The van der Waals surface area contributed by atoms with E-state index in [1.54, 1.807) is 39.0 Å². The van der Waals surface area contributed by atoms with E-state index < -0.39 is 45.7 Å². The summed E-state index contributed by atoms with van der Waals surface area (Å²) in [5, 5.41) is 1.78. The highest BCUT2D eigenvalue weighted by atomic mass is 32.2. The molecule has 10 heteroatoms. The lowest BCUT2D eigenvalue weighted by Gasteiger charge is -2.41. The molecule has 41 heavy (non-hydrogen) atoms. The molecule has 1 saturated heterocycles. The fourth-order valence-corrected chi connectivity index (χ4v) is 7.19. The van der Waals surface area contributed by atoms with Crippen LogP contribution in [0, 0.1) is 6.92 Å². The van der Waals surface area contributed by atoms with Crippen LogP contribution in [0.25, 0.3) is 16.5 Å². The van der Waals surface area contributed by atoms with Crippen molar-refractivity contribution in [3.8, 4) is 0 Å². The summed E-state index contributed by atoms with van der Waals surface area (Å²) >= 11 is 0. The smallest absolute Gasteiger partial charge is 0.417 e. The molecule has 3 aromatic rings. The van der Waals surface area contributed by atoms with Crippen LogP contribution in [-0.4, -0.2) is 60.4 Å². The predicted molar refractivity (Wildman–Crippen MR) is 153 cm³/mol. The zero-order valence-electron chi connectivity index (χ0n) is 23.6. The Morgan fingerprint density at radius 1 is 0.902 bits per heavy atom. The average molecular weight is 577 g/mol. The normalized spacial score (nSPS) is 19.4. The molecule has 0 saturated carbocycles. The van der Waals surface area contributed by atoms with Crippen molar-refractivity contribution in [1.29, 1.82) is 0 Å². The highest BCUT2D eigenvalue weighted by Crippen LogP contribution is 2.45. The van der Waals surface area contributed by atoms with Crippen molar-refractivity contribution in [1.82, 2.24) is 9.21 Å². The van der Waals surface area contributed by atoms with E-state index in [-0.39, 0.29) is 29.0 Å². The highest BCUT2D eigenvalue weighted by Gasteiger charge is 2.55. The lowest BCUT2D eigenvalue weighted by atomic mass is 9.90. The van der Waals surface area contributed by atoms with Crippen molar-refractivity contribution < 1.29 is 32.3 Å². The van der Waals surface area contributed by atoms with Gasteiger partial charge >= 0.3 is 12.1 Å². The fraction of sp³-hybridized carbons (Fsp3) is 0.323. The van der Waals surface area contributed by atoms with Gasteiger partial charge in [0.05, 0.1) is 41.8 Å². The summed E-state index contributed by atoms with van der Waals surface area (Å²) in [7, 11) is -3.12. The Morgan fingerprint density at radius 2 is 1.56 bits per heavy atom. The van der Waals surface area contributed by atoms with Crippen LogP contribution in [0.1, 0.15) is 44.7 Å². The second-order valence-corrected chi connectivity index (χ2v) is 13.1. The largest absolute Gasteiger partial charge is 0.466 e. The molecule has 0 unspecified atom stereocenters. The van der Waals surface area contributed by atoms with Gasteiger partial charge in [0, 0.05) is 12.0 Å². The highest BCUT2D eigenvalue weighted by molar-refractivity contribution is 7.89. The molecule has 2 atom stereocenters. The van der Waals surface area contributed by atoms with Crippen LogP contribution >= 0.6 is 0 Å². The zero-order chi connectivity index (χ0) is 29.7. The van der Waals surface area contributed by atoms with E-state index in [1.165, 1.54) is 19.2 Å². The van der Waals surface area contributed by atoms with E-state index in [1.807, 2.05) is 43.3 Å². The van der Waals surface area contributed by atoms with Gasteiger partial charge in [-0.05, 0) is 56.7 Å². The summed E-state index contributed by atoms with van der Waals surface area (Å²) in [4.78, 5) is 40.8. The summed E-state index contributed by atoms with van der Waals surface area (Å²) in [6, 6.07) is 17.4. The molecule has 2 aliphatic rings. The molecule has 0 N–H and O–H groups in total. The second kappa shape index (κ2) is 10.3. The second-order valence-electron chi connectivity index (χ2n) is 11.3. The molecule has 9 nitrogen and oxygen atoms in total. The quantitative estimate of drug-likeness (QED) is 0.401. The first-order chi connectivity index (χ1) is 19.3. The van der Waals surface area contributed by atoms with Crippen molar-refractivity contribution in [2.75, 3.05) is 7.11 Å². The van der Waals surface area contributed by atoms with Gasteiger partial charge < -0.3 is 9.47 Å². The Bertz CT molecular complexity index is 1690. The fourth-order valence-electron chi connectivity index (χ4n) is 5.45. The van der Waals surface area contributed by atoms with Crippen LogP contribution in [0.5, 0.6) is 0 Å². The van der Waals surface area contributed by atoms with Crippen molar-refractivity contribution in [3.63, 3.8) is 0 Å². The first-order valence-electron chi connectivity index (χ1n) is 13.3. The molecule has 0 spiro atoms. The molecule has 214 valence electrons. The maximum atomic E-state index is 14.5. The molecule has 2 heterocycles. The number of carbonyl (C=O) groups excluding carboxylic acids is 3. The average Bonchev–Trinajstić information content (AvgIpc) is 3.25. The third kappa shape index (κ3) is 5.19. The topological polar surface area (TPSA) is 110 Å². The predicted octanol–water partition coefficient (Wildman–Crippen LogP) is 5.03. The van der Waals surface area contributed by atoms with E-state index in [4.69, 9.17) is 9.47 Å². The number of imide groups is 1. The van der Waals surface area contributed by atoms with E-state index in [9.17, 15) is 22.8 Å². The Hall–Kier alpha value is -4.18. The molecule has 0 aromatic heterocycles. The lowest BCUT2D eigenvalue weighted by molar-refractivity contribution is -0.137. The Labute approximate surface area is 239 Å². The van der Waals surface area contributed by atoms with Crippen LogP contribution in [0.4, 0.5) is 4.79 Å². The number of rotatable bonds is 4. The van der Waals surface area contributed by atoms with Crippen LogP contribution < -0.4 is 0 Å². The molecule has 1 fully saturated rings. The van der Waals surface area contributed by atoms with Gasteiger partial charge in [-0.2, -0.15) is 0 Å². The first-order valence-corrected chi connectivity index (χ1v) is 14.7. The van der Waals surface area contributed by atoms with Crippen LogP contribution in [0.3, 0.4) is 0 Å². The summed E-state index contributed by atoms with van der Waals surface area (Å²) < 4.78 is 40.7. The molecular weight excluding hydrogens is 544 g/mol. The minimum absolute atomic E-state index is 0.00516. The minimum Gasteiger partial charge on any atom is -0.466 e. The first kappa shape index (κ1) is 28.4. The van der Waals surface area contributed by atoms with Gasteiger partial charge in [0.2, 0.25) is 5.91 Å². The van der Waals surface area contributed by atoms with Crippen LogP contribution in [0.2, 0.25) is 0 Å². The number of likely N-dealkylation sites (tertiary alicyclic amines) is 1. The summed E-state index contributed by atoms with van der Waals surface area (Å²) in [6.45, 7) is 6.87. The van der Waals surface area contributed by atoms with Gasteiger partial charge in [-0.1, -0.05) is 54.1 Å². The van der Waals surface area contributed by atoms with Crippen molar-refractivity contribution in [2.24, 2.45) is 0 Å². The number of methoxy groups -OCH3 is 1. The lowest BCUT2D eigenvalue weighted by Crippen LogP contribution is -2.53. The van der Waals surface area contributed by atoms with Crippen molar-refractivity contribution >= 4 is 44.5 Å². The molecule has 2 aliphatic heterocycles. The number of sulfonamides is 1. The number of nitrogens with zero attached hydrogens (tertiary/aromatic N) is 2. The molecule has 5 rings (SSSR count). The zero-order valence-corrected chi connectivity index (χ0v) is 24.4. The van der Waals surface area contributed by atoms with Gasteiger partial charge in [-0.25, -0.2) is 22.9 Å². The number of aryl methyl sites for hydroxylation is 1. The summed E-state index contributed by atoms with van der Waals surface area (Å²) in [5.41, 5.74) is 0.621. The number of hydrogen-bond acceptors (Lipinski definition) is 7. The number of carbonyl (C=O) groups is 3. The number of ether oxygens (including phenoxy) is 2. The van der Waals surface area contributed by atoms with Crippen molar-refractivity contribution in [2.45, 2.75) is 63.1 Å². The standard InChI is InChI=1S/C31H32N2O7S/c1-19-10-14-23(15-11-19)41(37,38)33-26-18-27(34)32(30(36)40-31(2,3)4)25(26)17-24(29(35)39-5)28(33)22-13-12-20-8-6-7-9-21(20)16-22/h6-16,25-26H,17-18H2,1-5H3/t25-,26-/m1/s1. The molecule has 0 aliphatic carbocycles. The number of amides is 2. The molecule has 2 amide bonds. The Kier molecular flexibility index (Phi) is 7.15. The van der Waals surface area contributed by atoms with Gasteiger partial charge in [0.1, 0.15) is 5.60 Å². The van der Waals surface area contributed by atoms with E-state index in [0.717, 1.165) is 25.5 Å². The van der Waals surface area contributed by atoms with Crippen molar-refractivity contribution in [3.05, 3.63) is 83.4 Å². The van der Waals surface area contributed by atoms with Gasteiger partial charge in [-0.3, -0.25) is 9.10 Å². The number of benzene rings is 3. The summed E-state index contributed by atoms with van der Waals surface area (Å²) in [6.07, 6.45) is -1.24. The number of esters is 1. The van der Waals surface area contributed by atoms with E-state index in [0.29, 0.717) is 5.56 Å².